The van der Waals surface area contributed by atoms with Gasteiger partial charge in [-0.25, -0.2) is 4.99 Å². The van der Waals surface area contributed by atoms with Gasteiger partial charge in [-0.3, -0.25) is 4.99 Å². The Morgan fingerprint density at radius 2 is 1.23 bits per heavy atom. The Hall–Kier alpha value is -2.17. The van der Waals surface area contributed by atoms with Gasteiger partial charge >= 0.3 is 0 Å². The first-order valence-electron chi connectivity index (χ1n) is 10.7. The third kappa shape index (κ3) is 8.68. The van der Waals surface area contributed by atoms with E-state index >= 15 is 0 Å². The zero-order valence-electron chi connectivity index (χ0n) is 19.2. The van der Waals surface area contributed by atoms with Gasteiger partial charge in [0.2, 0.25) is 0 Å². The van der Waals surface area contributed by atoms with E-state index < -0.39 is 0 Å². The van der Waals surface area contributed by atoms with Crippen molar-refractivity contribution in [1.82, 2.24) is 0 Å². The van der Waals surface area contributed by atoms with Crippen molar-refractivity contribution in [2.45, 2.75) is 73.6 Å². The van der Waals surface area contributed by atoms with Gasteiger partial charge in [0.05, 0.1) is 17.1 Å². The molecule has 0 bridgehead atoms. The molecular formula is C27H34N2Ni. The molecule has 0 unspecified atom stereocenters. The number of rotatable bonds is 7. The molecule has 0 aliphatic rings. The van der Waals surface area contributed by atoms with Gasteiger partial charge in [0.25, 0.3) is 0 Å². The predicted molar refractivity (Wildman–Crippen MR) is 128 cm³/mol. The molecule has 0 aliphatic carbocycles. The number of nitrogens with zero attached hydrogens (tertiary/aromatic N) is 2. The monoisotopic (exact) mass is 444 g/mol. The molecule has 0 heterocycles. The fraction of sp³-hybridized carbons (Fsp3) is 0.407. The Kier molecular flexibility index (Phi) is 11.4. The maximum atomic E-state index is 5.02. The topological polar surface area (TPSA) is 24.7 Å². The van der Waals surface area contributed by atoms with Crippen molar-refractivity contribution in [1.29, 1.82) is 0 Å². The van der Waals surface area contributed by atoms with Crippen LogP contribution in [0, 0.1) is 39.5 Å². The number of hydrogen-bond acceptors (Lipinski definition) is 2. The van der Waals surface area contributed by atoms with Gasteiger partial charge in [-0.05, 0) is 99.4 Å². The molecule has 162 valence electrons. The van der Waals surface area contributed by atoms with E-state index in [0.29, 0.717) is 0 Å². The van der Waals surface area contributed by atoms with Crippen LogP contribution in [-0.2, 0) is 16.5 Å². The molecular weight excluding hydrogens is 411 g/mol. The van der Waals surface area contributed by atoms with Crippen molar-refractivity contribution in [3.8, 4) is 11.8 Å². The molecule has 30 heavy (non-hydrogen) atoms. The Bertz CT molecular complexity index is 918. The van der Waals surface area contributed by atoms with Crippen molar-refractivity contribution in [2.75, 3.05) is 0 Å². The van der Waals surface area contributed by atoms with Gasteiger partial charge in [-0.1, -0.05) is 38.3 Å². The maximum absolute atomic E-state index is 5.02. The van der Waals surface area contributed by atoms with Gasteiger partial charge in [0.1, 0.15) is 5.71 Å². The van der Waals surface area contributed by atoms with Crippen LogP contribution in [0.3, 0.4) is 0 Å². The van der Waals surface area contributed by atoms with Crippen molar-refractivity contribution >= 4 is 22.8 Å². The Balaban J connectivity index is 0.00000450. The summed E-state index contributed by atoms with van der Waals surface area (Å²) >= 11 is 0. The Morgan fingerprint density at radius 1 is 0.733 bits per heavy atom. The summed E-state index contributed by atoms with van der Waals surface area (Å²) in [6.45, 7) is 12.8. The number of aliphatic imine (C=N–C) groups is 2. The maximum Gasteiger partial charge on any atom is 0.135 e. The van der Waals surface area contributed by atoms with Crippen LogP contribution in [-0.4, -0.2) is 11.4 Å². The molecule has 2 aromatic rings. The summed E-state index contributed by atoms with van der Waals surface area (Å²) in [6, 6.07) is 12.8. The molecule has 0 spiro atoms. The minimum absolute atomic E-state index is 0. The second-order valence-corrected chi connectivity index (χ2v) is 7.87. The number of aryl methyl sites for hydroxylation is 4. The quantitative estimate of drug-likeness (QED) is 0.236. The van der Waals surface area contributed by atoms with Crippen molar-refractivity contribution in [2.24, 2.45) is 9.98 Å². The smallest absolute Gasteiger partial charge is 0.135 e. The number of unbranched alkanes of at least 4 members (excludes halogenated alkanes) is 2. The van der Waals surface area contributed by atoms with Gasteiger partial charge in [0, 0.05) is 22.9 Å². The van der Waals surface area contributed by atoms with E-state index in [4.69, 9.17) is 9.98 Å². The summed E-state index contributed by atoms with van der Waals surface area (Å²) in [7, 11) is 0. The van der Waals surface area contributed by atoms with E-state index in [0.717, 1.165) is 54.9 Å². The van der Waals surface area contributed by atoms with E-state index in [1.165, 1.54) is 22.3 Å². The molecule has 0 saturated heterocycles. The predicted octanol–water partition coefficient (Wildman–Crippen LogP) is 7.76. The number of benzene rings is 2. The molecule has 0 atom stereocenters. The molecule has 3 heteroatoms. The van der Waals surface area contributed by atoms with E-state index in [1.54, 1.807) is 0 Å². The molecule has 0 aliphatic heterocycles. The molecule has 0 radical (unpaired) electrons. The SMILES string of the molecule is CCCC#CC(=Nc1cc(C)cc(C)c1)C(CCCC)=Nc1cc(C)cc(C)c1.[Ni]. The zero-order valence-corrected chi connectivity index (χ0v) is 20.2. The first-order chi connectivity index (χ1) is 13.9. The molecule has 0 fully saturated rings. The number of hydrogen-bond donors (Lipinski definition) is 0. The van der Waals surface area contributed by atoms with E-state index in [2.05, 4.69) is 89.8 Å². The summed E-state index contributed by atoms with van der Waals surface area (Å²) in [4.78, 5) is 9.98. The van der Waals surface area contributed by atoms with Crippen molar-refractivity contribution in [3.05, 3.63) is 58.7 Å². The van der Waals surface area contributed by atoms with Gasteiger partial charge < -0.3 is 0 Å². The van der Waals surface area contributed by atoms with Crippen molar-refractivity contribution in [3.63, 3.8) is 0 Å². The first-order valence-corrected chi connectivity index (χ1v) is 10.7. The molecule has 0 saturated carbocycles. The second-order valence-electron chi connectivity index (χ2n) is 7.87. The summed E-state index contributed by atoms with van der Waals surface area (Å²) in [5.74, 6) is 6.62. The molecule has 0 N–H and O–H groups in total. The van der Waals surface area contributed by atoms with Crippen LogP contribution in [0.4, 0.5) is 11.4 Å². The molecule has 0 amide bonds. The Morgan fingerprint density at radius 3 is 1.70 bits per heavy atom. The standard InChI is InChI=1S/C27H34N2.Ni/c1-7-9-11-13-27(29-25-18-22(5)15-23(6)19-25)26(12-10-8-2)28-24-16-20(3)14-21(4)17-24;/h14-19H,7-10,12H2,1-6H3;. The van der Waals surface area contributed by atoms with E-state index in [9.17, 15) is 0 Å². The molecule has 2 aromatic carbocycles. The summed E-state index contributed by atoms with van der Waals surface area (Å²) in [5, 5.41) is 0. The van der Waals surface area contributed by atoms with Gasteiger partial charge in [0.15, 0.2) is 0 Å². The minimum atomic E-state index is 0. The summed E-state index contributed by atoms with van der Waals surface area (Å²) in [5.41, 5.74) is 8.60. The van der Waals surface area contributed by atoms with E-state index in [-0.39, 0.29) is 16.5 Å². The van der Waals surface area contributed by atoms with E-state index in [1.807, 2.05) is 0 Å². The zero-order chi connectivity index (χ0) is 21.2. The van der Waals surface area contributed by atoms with Crippen molar-refractivity contribution < 1.29 is 16.5 Å². The first kappa shape index (κ1) is 25.9. The average molecular weight is 445 g/mol. The fourth-order valence-electron chi connectivity index (χ4n) is 3.32. The molecule has 0 aromatic heterocycles. The van der Waals surface area contributed by atoms with Crippen LogP contribution < -0.4 is 0 Å². The minimum Gasteiger partial charge on any atom is -0.250 e. The van der Waals surface area contributed by atoms with Crippen LogP contribution in [0.5, 0.6) is 0 Å². The van der Waals surface area contributed by atoms with Crippen LogP contribution in [0.2, 0.25) is 0 Å². The van der Waals surface area contributed by atoms with Crippen LogP contribution in [0.15, 0.2) is 46.4 Å². The summed E-state index contributed by atoms with van der Waals surface area (Å²) < 4.78 is 0. The Labute approximate surface area is 193 Å². The fourth-order valence-corrected chi connectivity index (χ4v) is 3.32. The summed E-state index contributed by atoms with van der Waals surface area (Å²) in [6.07, 6.45) is 4.99. The second kappa shape index (κ2) is 13.2. The molecule has 2 rings (SSSR count). The van der Waals surface area contributed by atoms with Crippen LogP contribution in [0.1, 0.15) is 68.2 Å². The normalized spacial score (nSPS) is 11.5. The van der Waals surface area contributed by atoms with Gasteiger partial charge in [-0.15, -0.1) is 0 Å². The van der Waals surface area contributed by atoms with Crippen LogP contribution in [0.25, 0.3) is 0 Å². The average Bonchev–Trinajstić information content (AvgIpc) is 2.63. The largest absolute Gasteiger partial charge is 0.250 e. The molecule has 2 nitrogen and oxygen atoms in total. The van der Waals surface area contributed by atoms with Crippen LogP contribution >= 0.6 is 0 Å². The third-order valence-corrected chi connectivity index (χ3v) is 4.54. The van der Waals surface area contributed by atoms with Gasteiger partial charge in [-0.2, -0.15) is 0 Å². The third-order valence-electron chi connectivity index (χ3n) is 4.54.